The van der Waals surface area contributed by atoms with E-state index in [2.05, 4.69) is 10.0 Å². The van der Waals surface area contributed by atoms with Crippen molar-refractivity contribution in [2.45, 2.75) is 13.8 Å². The average molecular weight is 353 g/mol. The predicted octanol–water partition coefficient (Wildman–Crippen LogP) is 3.66. The van der Waals surface area contributed by atoms with Crippen molar-refractivity contribution in [2.24, 2.45) is 0 Å². The van der Waals surface area contributed by atoms with Gasteiger partial charge >= 0.3 is 0 Å². The van der Waals surface area contributed by atoms with Gasteiger partial charge in [-0.1, -0.05) is 23.7 Å². The molecule has 0 spiro atoms. The van der Waals surface area contributed by atoms with Crippen LogP contribution in [0.5, 0.6) is 0 Å². The Balaban J connectivity index is 2.18. The Bertz CT molecular complexity index is 835. The molecule has 23 heavy (non-hydrogen) atoms. The summed E-state index contributed by atoms with van der Waals surface area (Å²) >= 11 is 6.03. The van der Waals surface area contributed by atoms with E-state index in [0.29, 0.717) is 22.0 Å². The number of hydrogen-bond acceptors (Lipinski definition) is 3. The molecule has 0 aliphatic rings. The number of carbonyl (C=O) groups is 1. The van der Waals surface area contributed by atoms with Crippen LogP contribution in [0.4, 0.5) is 11.4 Å². The van der Waals surface area contributed by atoms with Crippen molar-refractivity contribution < 1.29 is 13.2 Å². The van der Waals surface area contributed by atoms with Gasteiger partial charge in [0.05, 0.1) is 5.75 Å². The lowest BCUT2D eigenvalue weighted by atomic mass is 10.1. The zero-order valence-electron chi connectivity index (χ0n) is 12.8. The van der Waals surface area contributed by atoms with Crippen LogP contribution >= 0.6 is 11.6 Å². The number of aryl methyl sites for hydroxylation is 1. The lowest BCUT2D eigenvalue weighted by Crippen LogP contribution is -2.16. The third-order valence-corrected chi connectivity index (χ3v) is 4.92. The molecule has 5 nitrogen and oxygen atoms in total. The van der Waals surface area contributed by atoms with Gasteiger partial charge in [-0.25, -0.2) is 8.42 Å². The van der Waals surface area contributed by atoms with E-state index in [1.807, 2.05) is 13.0 Å². The summed E-state index contributed by atoms with van der Waals surface area (Å²) in [4.78, 5) is 12.3. The molecule has 0 saturated heterocycles. The van der Waals surface area contributed by atoms with Gasteiger partial charge in [-0.05, 0) is 49.7 Å². The first-order valence-electron chi connectivity index (χ1n) is 6.99. The Morgan fingerprint density at radius 2 is 1.87 bits per heavy atom. The second-order valence-corrected chi connectivity index (χ2v) is 7.42. The Kier molecular flexibility index (Phi) is 5.28. The van der Waals surface area contributed by atoms with Gasteiger partial charge in [0.25, 0.3) is 5.91 Å². The van der Waals surface area contributed by atoms with Crippen molar-refractivity contribution in [3.05, 3.63) is 58.6 Å². The number of sulfonamides is 1. The minimum atomic E-state index is -3.38. The van der Waals surface area contributed by atoms with E-state index in [4.69, 9.17) is 11.6 Å². The maximum atomic E-state index is 12.3. The van der Waals surface area contributed by atoms with Crippen LogP contribution in [0.25, 0.3) is 0 Å². The van der Waals surface area contributed by atoms with E-state index < -0.39 is 10.0 Å². The number of benzene rings is 2. The first-order chi connectivity index (χ1) is 10.8. The summed E-state index contributed by atoms with van der Waals surface area (Å²) in [6.07, 6.45) is 0. The standard InChI is InChI=1S/C16H17ClN2O3S/c1-3-23(21,22)19-14-6-4-5-12(9-14)16(20)18-13-8-7-11(2)15(17)10-13/h4-10,19H,3H2,1-2H3,(H,18,20). The van der Waals surface area contributed by atoms with Crippen LogP contribution in [0.3, 0.4) is 0 Å². The van der Waals surface area contributed by atoms with Gasteiger partial charge in [0.2, 0.25) is 10.0 Å². The molecule has 122 valence electrons. The largest absolute Gasteiger partial charge is 0.322 e. The SMILES string of the molecule is CCS(=O)(=O)Nc1cccc(C(=O)Nc2ccc(C)c(Cl)c2)c1. The summed E-state index contributed by atoms with van der Waals surface area (Å²) in [6, 6.07) is 11.5. The number of nitrogens with one attached hydrogen (secondary N) is 2. The first-order valence-corrected chi connectivity index (χ1v) is 9.02. The summed E-state index contributed by atoms with van der Waals surface area (Å²) in [6.45, 7) is 3.41. The van der Waals surface area contributed by atoms with Crippen molar-refractivity contribution in [1.29, 1.82) is 0 Å². The number of rotatable bonds is 5. The molecule has 0 radical (unpaired) electrons. The molecule has 2 N–H and O–H groups in total. The topological polar surface area (TPSA) is 75.3 Å². The first kappa shape index (κ1) is 17.3. The molecule has 7 heteroatoms. The molecular weight excluding hydrogens is 336 g/mol. The van der Waals surface area contributed by atoms with Crippen LogP contribution < -0.4 is 10.0 Å². The Morgan fingerprint density at radius 1 is 1.13 bits per heavy atom. The van der Waals surface area contributed by atoms with Crippen LogP contribution in [-0.2, 0) is 10.0 Å². The van der Waals surface area contributed by atoms with Crippen molar-refractivity contribution in [3.63, 3.8) is 0 Å². The quantitative estimate of drug-likeness (QED) is 0.862. The van der Waals surface area contributed by atoms with E-state index >= 15 is 0 Å². The van der Waals surface area contributed by atoms with Gasteiger partial charge in [0, 0.05) is 22.0 Å². The van der Waals surface area contributed by atoms with Crippen molar-refractivity contribution in [3.8, 4) is 0 Å². The molecular formula is C16H17ClN2O3S. The summed E-state index contributed by atoms with van der Waals surface area (Å²) in [7, 11) is -3.38. The molecule has 0 bridgehead atoms. The highest BCUT2D eigenvalue weighted by atomic mass is 35.5. The molecule has 2 rings (SSSR count). The fourth-order valence-electron chi connectivity index (χ4n) is 1.85. The summed E-state index contributed by atoms with van der Waals surface area (Å²) in [5.74, 6) is -0.381. The fourth-order valence-corrected chi connectivity index (χ4v) is 2.66. The van der Waals surface area contributed by atoms with E-state index in [0.717, 1.165) is 5.56 Å². The maximum Gasteiger partial charge on any atom is 0.255 e. The molecule has 2 aromatic carbocycles. The highest BCUT2D eigenvalue weighted by Gasteiger charge is 2.11. The molecule has 0 unspecified atom stereocenters. The van der Waals surface area contributed by atoms with Crippen LogP contribution in [0.15, 0.2) is 42.5 Å². The van der Waals surface area contributed by atoms with Crippen LogP contribution in [0, 0.1) is 6.92 Å². The molecule has 0 atom stereocenters. The smallest absolute Gasteiger partial charge is 0.255 e. The Morgan fingerprint density at radius 3 is 2.52 bits per heavy atom. The predicted molar refractivity (Wildman–Crippen MR) is 93.7 cm³/mol. The van der Waals surface area contributed by atoms with Crippen molar-refractivity contribution in [2.75, 3.05) is 15.8 Å². The monoisotopic (exact) mass is 352 g/mol. The summed E-state index contributed by atoms with van der Waals surface area (Å²) < 4.78 is 25.6. The Labute approximate surface area is 140 Å². The second kappa shape index (κ2) is 7.02. The van der Waals surface area contributed by atoms with E-state index in [9.17, 15) is 13.2 Å². The Hall–Kier alpha value is -2.05. The average Bonchev–Trinajstić information content (AvgIpc) is 2.51. The molecule has 0 heterocycles. The number of anilines is 2. The van der Waals surface area contributed by atoms with Gasteiger partial charge in [-0.3, -0.25) is 9.52 Å². The molecule has 2 aromatic rings. The van der Waals surface area contributed by atoms with E-state index in [-0.39, 0.29) is 11.7 Å². The van der Waals surface area contributed by atoms with E-state index in [1.165, 1.54) is 6.07 Å². The zero-order valence-corrected chi connectivity index (χ0v) is 14.3. The van der Waals surface area contributed by atoms with Gasteiger partial charge < -0.3 is 5.32 Å². The lowest BCUT2D eigenvalue weighted by molar-refractivity contribution is 0.102. The molecule has 0 aromatic heterocycles. The molecule has 0 saturated carbocycles. The third-order valence-electron chi connectivity index (χ3n) is 3.21. The number of halogens is 1. The minimum absolute atomic E-state index is 0.0364. The molecule has 0 aliphatic heterocycles. The second-order valence-electron chi connectivity index (χ2n) is 5.00. The highest BCUT2D eigenvalue weighted by molar-refractivity contribution is 7.92. The lowest BCUT2D eigenvalue weighted by Gasteiger charge is -2.09. The van der Waals surface area contributed by atoms with Crippen LogP contribution in [0.1, 0.15) is 22.8 Å². The van der Waals surface area contributed by atoms with Gasteiger partial charge in [-0.2, -0.15) is 0 Å². The van der Waals surface area contributed by atoms with Crippen LogP contribution in [0.2, 0.25) is 5.02 Å². The molecule has 0 fully saturated rings. The number of hydrogen-bond donors (Lipinski definition) is 2. The summed E-state index contributed by atoms with van der Waals surface area (Å²) in [5, 5.41) is 3.29. The van der Waals surface area contributed by atoms with Crippen molar-refractivity contribution >= 4 is 38.9 Å². The fraction of sp³-hybridized carbons (Fsp3) is 0.188. The number of carbonyl (C=O) groups excluding carboxylic acids is 1. The van der Waals surface area contributed by atoms with E-state index in [1.54, 1.807) is 37.3 Å². The molecule has 0 aliphatic carbocycles. The summed E-state index contributed by atoms with van der Waals surface area (Å²) in [5.41, 5.74) is 2.19. The third kappa shape index (κ3) is 4.71. The zero-order chi connectivity index (χ0) is 17.0. The minimum Gasteiger partial charge on any atom is -0.322 e. The maximum absolute atomic E-state index is 12.3. The highest BCUT2D eigenvalue weighted by Crippen LogP contribution is 2.21. The number of amides is 1. The van der Waals surface area contributed by atoms with Crippen LogP contribution in [-0.4, -0.2) is 20.1 Å². The van der Waals surface area contributed by atoms with Gasteiger partial charge in [-0.15, -0.1) is 0 Å². The molecule has 1 amide bonds. The van der Waals surface area contributed by atoms with Crippen molar-refractivity contribution in [1.82, 2.24) is 0 Å². The van der Waals surface area contributed by atoms with Gasteiger partial charge in [0.1, 0.15) is 0 Å². The normalized spacial score (nSPS) is 11.1. The van der Waals surface area contributed by atoms with Gasteiger partial charge in [0.15, 0.2) is 0 Å².